The number of benzene rings is 1. The van der Waals surface area contributed by atoms with Gasteiger partial charge >= 0.3 is 0 Å². The van der Waals surface area contributed by atoms with Crippen molar-refractivity contribution < 1.29 is 0 Å². The minimum absolute atomic E-state index is 0.650. The minimum Gasteiger partial charge on any atom is -0.378 e. The van der Waals surface area contributed by atoms with Crippen molar-refractivity contribution in [3.8, 4) is 0 Å². The van der Waals surface area contributed by atoms with Crippen LogP contribution in [-0.2, 0) is 0 Å². The second kappa shape index (κ2) is 6.80. The van der Waals surface area contributed by atoms with Gasteiger partial charge in [0.05, 0.1) is 0 Å². The summed E-state index contributed by atoms with van der Waals surface area (Å²) in [6, 6.07) is 9.50. The maximum Gasteiger partial charge on any atom is 0.0387 e. The topological polar surface area (TPSA) is 18.5 Å². The molecule has 3 nitrogen and oxygen atoms in total. The van der Waals surface area contributed by atoms with Crippen LogP contribution in [0.15, 0.2) is 24.3 Å². The normalized spacial score (nSPS) is 19.5. The number of piperidine rings is 1. The zero-order valence-corrected chi connectivity index (χ0v) is 12.5. The fourth-order valence-electron chi connectivity index (χ4n) is 2.69. The molecule has 1 aromatic rings. The van der Waals surface area contributed by atoms with Crippen LogP contribution < -0.4 is 15.1 Å². The predicted molar refractivity (Wildman–Crippen MR) is 84.3 cm³/mol. The van der Waals surface area contributed by atoms with Crippen molar-refractivity contribution in [1.29, 1.82) is 0 Å². The van der Waals surface area contributed by atoms with Gasteiger partial charge in [0.1, 0.15) is 0 Å². The van der Waals surface area contributed by atoms with Crippen LogP contribution in [0.4, 0.5) is 11.4 Å². The van der Waals surface area contributed by atoms with Gasteiger partial charge in [0.15, 0.2) is 0 Å². The lowest BCUT2D eigenvalue weighted by Gasteiger charge is -2.35. The third-order valence-corrected chi connectivity index (χ3v) is 3.82. The summed E-state index contributed by atoms with van der Waals surface area (Å²) in [7, 11) is 4.20. The molecular weight excluding hydrogens is 234 g/mol. The summed E-state index contributed by atoms with van der Waals surface area (Å²) in [5.41, 5.74) is 2.63. The first-order valence-corrected chi connectivity index (χ1v) is 7.46. The van der Waals surface area contributed by atoms with Crippen LogP contribution in [0.1, 0.15) is 26.2 Å². The molecule has 1 heterocycles. The van der Waals surface area contributed by atoms with E-state index in [1.54, 1.807) is 0 Å². The van der Waals surface area contributed by atoms with Gasteiger partial charge in [0.2, 0.25) is 0 Å². The van der Waals surface area contributed by atoms with Crippen molar-refractivity contribution in [2.45, 2.75) is 32.2 Å². The summed E-state index contributed by atoms with van der Waals surface area (Å²) in [5.74, 6) is 0. The van der Waals surface area contributed by atoms with Crippen molar-refractivity contribution in [3.05, 3.63) is 24.3 Å². The third-order valence-electron chi connectivity index (χ3n) is 3.82. The van der Waals surface area contributed by atoms with Crippen molar-refractivity contribution in [1.82, 2.24) is 5.32 Å². The second-order valence-corrected chi connectivity index (χ2v) is 5.65. The summed E-state index contributed by atoms with van der Waals surface area (Å²) in [4.78, 5) is 4.68. The summed E-state index contributed by atoms with van der Waals surface area (Å²) in [6.07, 6.45) is 3.81. The summed E-state index contributed by atoms with van der Waals surface area (Å²) in [5, 5.41) is 3.66. The zero-order valence-electron chi connectivity index (χ0n) is 12.5. The Morgan fingerprint density at radius 1 is 1.37 bits per heavy atom. The summed E-state index contributed by atoms with van der Waals surface area (Å²) in [6.45, 7) is 5.68. The first kappa shape index (κ1) is 14.2. The van der Waals surface area contributed by atoms with E-state index in [1.807, 2.05) is 0 Å². The van der Waals surface area contributed by atoms with Crippen LogP contribution >= 0.6 is 0 Å². The third kappa shape index (κ3) is 3.87. The number of nitrogens with zero attached hydrogens (tertiary/aromatic N) is 2. The predicted octanol–water partition coefficient (Wildman–Crippen LogP) is 2.72. The van der Waals surface area contributed by atoms with E-state index in [2.05, 4.69) is 60.4 Å². The van der Waals surface area contributed by atoms with Crippen molar-refractivity contribution >= 4 is 11.4 Å². The lowest BCUT2D eigenvalue weighted by molar-refractivity contribution is 0.423. The van der Waals surface area contributed by atoms with Crippen LogP contribution in [0.3, 0.4) is 0 Å². The molecule has 0 radical (unpaired) electrons. The van der Waals surface area contributed by atoms with Gasteiger partial charge in [0.25, 0.3) is 0 Å². The highest BCUT2D eigenvalue weighted by Crippen LogP contribution is 2.24. The molecule has 1 aliphatic rings. The first-order chi connectivity index (χ1) is 9.20. The molecule has 2 rings (SSSR count). The Bertz CT molecular complexity index is 389. The standard InChI is InChI=1S/C16H27N3/c1-4-10-17-14-7-6-11-19(13-14)16-9-5-8-15(12-16)18(2)3/h5,8-9,12,14,17H,4,6-7,10-11,13H2,1-3H3. The Balaban J connectivity index is 2.02. The molecular formula is C16H27N3. The van der Waals surface area contributed by atoms with Gasteiger partial charge in [-0.25, -0.2) is 0 Å². The Morgan fingerprint density at radius 3 is 2.95 bits per heavy atom. The Labute approximate surface area is 117 Å². The molecule has 1 unspecified atom stereocenters. The highest BCUT2D eigenvalue weighted by atomic mass is 15.2. The molecule has 1 saturated heterocycles. The molecule has 0 bridgehead atoms. The lowest BCUT2D eigenvalue weighted by Crippen LogP contribution is -2.46. The van der Waals surface area contributed by atoms with E-state index in [9.17, 15) is 0 Å². The van der Waals surface area contributed by atoms with E-state index in [0.29, 0.717) is 6.04 Å². The Morgan fingerprint density at radius 2 is 2.21 bits per heavy atom. The van der Waals surface area contributed by atoms with E-state index in [1.165, 1.54) is 37.2 Å². The average molecular weight is 261 g/mol. The molecule has 0 amide bonds. The van der Waals surface area contributed by atoms with Crippen molar-refractivity contribution in [2.24, 2.45) is 0 Å². The molecule has 1 aliphatic heterocycles. The van der Waals surface area contributed by atoms with Crippen LogP contribution in [0.25, 0.3) is 0 Å². The summed E-state index contributed by atoms with van der Waals surface area (Å²) < 4.78 is 0. The fourth-order valence-corrected chi connectivity index (χ4v) is 2.69. The fraction of sp³-hybridized carbons (Fsp3) is 0.625. The molecule has 0 aromatic heterocycles. The largest absolute Gasteiger partial charge is 0.378 e. The van der Waals surface area contributed by atoms with Gasteiger partial charge in [-0.3, -0.25) is 0 Å². The zero-order chi connectivity index (χ0) is 13.7. The highest BCUT2D eigenvalue weighted by molar-refractivity contribution is 5.59. The molecule has 0 saturated carbocycles. The van der Waals surface area contributed by atoms with E-state index < -0.39 is 0 Å². The van der Waals surface area contributed by atoms with E-state index >= 15 is 0 Å². The van der Waals surface area contributed by atoms with Gasteiger partial charge in [0, 0.05) is 44.6 Å². The van der Waals surface area contributed by atoms with Crippen LogP contribution in [0.5, 0.6) is 0 Å². The van der Waals surface area contributed by atoms with Crippen LogP contribution in [0.2, 0.25) is 0 Å². The van der Waals surface area contributed by atoms with E-state index in [-0.39, 0.29) is 0 Å². The molecule has 1 aromatic carbocycles. The van der Waals surface area contributed by atoms with Gasteiger partial charge < -0.3 is 15.1 Å². The van der Waals surface area contributed by atoms with Gasteiger partial charge in [-0.1, -0.05) is 13.0 Å². The highest BCUT2D eigenvalue weighted by Gasteiger charge is 2.19. The van der Waals surface area contributed by atoms with Crippen LogP contribution in [-0.4, -0.2) is 39.8 Å². The molecule has 1 fully saturated rings. The molecule has 106 valence electrons. The molecule has 19 heavy (non-hydrogen) atoms. The maximum atomic E-state index is 3.66. The molecule has 0 spiro atoms. The minimum atomic E-state index is 0.650. The van der Waals surface area contributed by atoms with Gasteiger partial charge in [-0.2, -0.15) is 0 Å². The number of hydrogen-bond acceptors (Lipinski definition) is 3. The van der Waals surface area contributed by atoms with Gasteiger partial charge in [-0.05, 0) is 44.0 Å². The second-order valence-electron chi connectivity index (χ2n) is 5.65. The number of nitrogens with one attached hydrogen (secondary N) is 1. The Hall–Kier alpha value is -1.22. The average Bonchev–Trinajstić information content (AvgIpc) is 2.45. The van der Waals surface area contributed by atoms with Gasteiger partial charge in [-0.15, -0.1) is 0 Å². The maximum absolute atomic E-state index is 3.66. The number of hydrogen-bond donors (Lipinski definition) is 1. The number of anilines is 2. The number of rotatable bonds is 5. The molecule has 1 N–H and O–H groups in total. The monoisotopic (exact) mass is 261 g/mol. The quantitative estimate of drug-likeness (QED) is 0.879. The lowest BCUT2D eigenvalue weighted by atomic mass is 10.0. The smallest absolute Gasteiger partial charge is 0.0387 e. The van der Waals surface area contributed by atoms with Crippen molar-refractivity contribution in [3.63, 3.8) is 0 Å². The van der Waals surface area contributed by atoms with E-state index in [4.69, 9.17) is 0 Å². The SMILES string of the molecule is CCCNC1CCCN(c2cccc(N(C)C)c2)C1. The van der Waals surface area contributed by atoms with Crippen LogP contribution in [0, 0.1) is 0 Å². The van der Waals surface area contributed by atoms with E-state index in [0.717, 1.165) is 13.1 Å². The first-order valence-electron chi connectivity index (χ1n) is 7.46. The molecule has 1 atom stereocenters. The molecule has 0 aliphatic carbocycles. The van der Waals surface area contributed by atoms with Crippen molar-refractivity contribution in [2.75, 3.05) is 43.5 Å². The Kier molecular flexibility index (Phi) is 5.08. The summed E-state index contributed by atoms with van der Waals surface area (Å²) >= 11 is 0. The molecule has 3 heteroatoms.